The second-order valence-corrected chi connectivity index (χ2v) is 5.40. The van der Waals surface area contributed by atoms with E-state index in [0.29, 0.717) is 15.9 Å². The summed E-state index contributed by atoms with van der Waals surface area (Å²) in [4.78, 5) is 16.0. The van der Waals surface area contributed by atoms with E-state index in [1.165, 1.54) is 6.20 Å². The van der Waals surface area contributed by atoms with E-state index in [1.807, 2.05) is 0 Å². The molecule has 0 aromatic carbocycles. The van der Waals surface area contributed by atoms with Gasteiger partial charge in [0, 0.05) is 29.2 Å². The number of carbonyl (C=O) groups is 1. The summed E-state index contributed by atoms with van der Waals surface area (Å²) >= 11 is 3.28. The van der Waals surface area contributed by atoms with Crippen LogP contribution in [0.2, 0.25) is 0 Å². The fraction of sp³-hybridized carbons (Fsp3) is 0.500. The summed E-state index contributed by atoms with van der Waals surface area (Å²) in [6, 6.07) is 1.59. The average molecular weight is 314 g/mol. The Morgan fingerprint density at radius 2 is 2.39 bits per heavy atom. The lowest BCUT2D eigenvalue weighted by molar-refractivity contribution is 0.0915. The first-order valence-corrected chi connectivity index (χ1v) is 6.74. The van der Waals surface area contributed by atoms with Crippen LogP contribution in [-0.2, 0) is 0 Å². The number of nitrogen functional groups attached to an aromatic ring is 1. The Labute approximate surface area is 114 Å². The van der Waals surface area contributed by atoms with E-state index in [2.05, 4.69) is 26.2 Å². The van der Waals surface area contributed by atoms with Crippen LogP contribution in [0, 0.1) is 5.92 Å². The molecule has 2 atom stereocenters. The molecule has 2 rings (SSSR count). The number of amides is 1. The van der Waals surface area contributed by atoms with Gasteiger partial charge in [-0.05, 0) is 34.8 Å². The van der Waals surface area contributed by atoms with Gasteiger partial charge >= 0.3 is 0 Å². The van der Waals surface area contributed by atoms with Crippen molar-refractivity contribution in [2.24, 2.45) is 5.92 Å². The molecule has 1 amide bonds. The number of anilines is 1. The van der Waals surface area contributed by atoms with E-state index >= 15 is 0 Å². The lowest BCUT2D eigenvalue weighted by Crippen LogP contribution is -2.38. The first kappa shape index (κ1) is 13.3. The van der Waals surface area contributed by atoms with Crippen molar-refractivity contribution in [2.45, 2.75) is 25.3 Å². The van der Waals surface area contributed by atoms with Crippen LogP contribution >= 0.6 is 15.9 Å². The summed E-state index contributed by atoms with van der Waals surface area (Å²) < 4.78 is 0.618. The Kier molecular flexibility index (Phi) is 4.19. The molecule has 18 heavy (non-hydrogen) atoms. The smallest absolute Gasteiger partial charge is 0.252 e. The number of nitrogens with zero attached hydrogens (tertiary/aromatic N) is 1. The van der Waals surface area contributed by atoms with Crippen molar-refractivity contribution in [2.75, 3.05) is 12.3 Å². The van der Waals surface area contributed by atoms with Crippen molar-refractivity contribution >= 4 is 27.7 Å². The number of nitrogens with one attached hydrogen (secondary N) is 1. The van der Waals surface area contributed by atoms with Crippen molar-refractivity contribution in [1.82, 2.24) is 10.3 Å². The minimum Gasteiger partial charge on any atom is -0.396 e. The van der Waals surface area contributed by atoms with Gasteiger partial charge < -0.3 is 16.2 Å². The first-order valence-electron chi connectivity index (χ1n) is 5.94. The topological polar surface area (TPSA) is 88.2 Å². The molecule has 0 bridgehead atoms. The van der Waals surface area contributed by atoms with Gasteiger partial charge in [-0.15, -0.1) is 0 Å². The van der Waals surface area contributed by atoms with Crippen LogP contribution in [0.15, 0.2) is 16.7 Å². The van der Waals surface area contributed by atoms with Crippen LogP contribution in [0.1, 0.15) is 29.6 Å². The standard InChI is InChI=1S/C12H16BrN3O2/c13-9-5-15-11(14)4-8(9)12(18)16-10-3-1-2-7(10)6-17/h4-5,7,10,17H,1-3,6H2,(H2,14,15)(H,16,18). The summed E-state index contributed by atoms with van der Waals surface area (Å²) in [6.45, 7) is 0.116. The zero-order valence-corrected chi connectivity index (χ0v) is 11.5. The first-order chi connectivity index (χ1) is 8.61. The van der Waals surface area contributed by atoms with E-state index in [-0.39, 0.29) is 24.5 Å². The zero-order valence-electron chi connectivity index (χ0n) is 9.90. The molecule has 0 saturated heterocycles. The van der Waals surface area contributed by atoms with E-state index in [4.69, 9.17) is 5.73 Å². The normalized spacial score (nSPS) is 23.0. The zero-order chi connectivity index (χ0) is 13.1. The average Bonchev–Trinajstić information content (AvgIpc) is 2.79. The lowest BCUT2D eigenvalue weighted by atomic mass is 10.0. The predicted molar refractivity (Wildman–Crippen MR) is 72.0 cm³/mol. The fourth-order valence-electron chi connectivity index (χ4n) is 2.32. The molecule has 1 aliphatic rings. The van der Waals surface area contributed by atoms with Crippen molar-refractivity contribution < 1.29 is 9.90 Å². The predicted octanol–water partition coefficient (Wildman–Crippen LogP) is 1.32. The Morgan fingerprint density at radius 1 is 1.61 bits per heavy atom. The molecule has 4 N–H and O–H groups in total. The quantitative estimate of drug-likeness (QED) is 0.785. The van der Waals surface area contributed by atoms with Gasteiger partial charge in [0.05, 0.1) is 5.56 Å². The summed E-state index contributed by atoms with van der Waals surface area (Å²) in [5.41, 5.74) is 6.05. The monoisotopic (exact) mass is 313 g/mol. The highest BCUT2D eigenvalue weighted by molar-refractivity contribution is 9.10. The molecule has 2 unspecified atom stereocenters. The second-order valence-electron chi connectivity index (χ2n) is 4.54. The molecule has 1 saturated carbocycles. The number of aliphatic hydroxyl groups is 1. The minimum atomic E-state index is -0.179. The number of aliphatic hydroxyl groups excluding tert-OH is 1. The summed E-state index contributed by atoms with van der Waals surface area (Å²) in [6.07, 6.45) is 4.43. The van der Waals surface area contributed by atoms with E-state index in [9.17, 15) is 9.90 Å². The molecule has 1 aliphatic carbocycles. The van der Waals surface area contributed by atoms with Crippen LogP contribution in [0.5, 0.6) is 0 Å². The van der Waals surface area contributed by atoms with Gasteiger partial charge in [-0.25, -0.2) is 4.98 Å². The molecule has 0 spiro atoms. The van der Waals surface area contributed by atoms with Crippen molar-refractivity contribution in [3.8, 4) is 0 Å². The maximum absolute atomic E-state index is 12.1. The number of hydrogen-bond acceptors (Lipinski definition) is 4. The summed E-state index contributed by atoms with van der Waals surface area (Å²) in [5, 5.41) is 12.2. The Bertz CT molecular complexity index is 453. The van der Waals surface area contributed by atoms with Gasteiger partial charge in [0.2, 0.25) is 0 Å². The Balaban J connectivity index is 2.09. The maximum Gasteiger partial charge on any atom is 0.252 e. The molecule has 0 radical (unpaired) electrons. The number of halogens is 1. The van der Waals surface area contributed by atoms with Crippen molar-refractivity contribution in [1.29, 1.82) is 0 Å². The second kappa shape index (κ2) is 5.67. The van der Waals surface area contributed by atoms with Gasteiger partial charge in [0.25, 0.3) is 5.91 Å². The largest absolute Gasteiger partial charge is 0.396 e. The Hall–Kier alpha value is -1.14. The number of pyridine rings is 1. The van der Waals surface area contributed by atoms with Gasteiger partial charge in [-0.1, -0.05) is 6.42 Å². The lowest BCUT2D eigenvalue weighted by Gasteiger charge is -2.19. The minimum absolute atomic E-state index is 0.0452. The molecule has 1 aromatic rings. The molecule has 0 aliphatic heterocycles. The third kappa shape index (κ3) is 2.81. The van der Waals surface area contributed by atoms with Gasteiger partial charge in [0.1, 0.15) is 5.82 Å². The van der Waals surface area contributed by atoms with Gasteiger partial charge in [0.15, 0.2) is 0 Å². The molecule has 1 aromatic heterocycles. The molecule has 98 valence electrons. The molecular weight excluding hydrogens is 298 g/mol. The van der Waals surface area contributed by atoms with E-state index in [1.54, 1.807) is 6.07 Å². The van der Waals surface area contributed by atoms with E-state index < -0.39 is 0 Å². The van der Waals surface area contributed by atoms with Crippen LogP contribution in [-0.4, -0.2) is 28.6 Å². The third-order valence-corrected chi connectivity index (χ3v) is 3.96. The fourth-order valence-corrected chi connectivity index (χ4v) is 2.72. The highest BCUT2D eigenvalue weighted by Gasteiger charge is 2.28. The molecule has 1 heterocycles. The third-order valence-electron chi connectivity index (χ3n) is 3.33. The van der Waals surface area contributed by atoms with Crippen LogP contribution in [0.3, 0.4) is 0 Å². The number of rotatable bonds is 3. The van der Waals surface area contributed by atoms with Crippen LogP contribution in [0.25, 0.3) is 0 Å². The number of nitrogens with two attached hydrogens (primary N) is 1. The van der Waals surface area contributed by atoms with Crippen molar-refractivity contribution in [3.05, 3.63) is 22.3 Å². The molecule has 1 fully saturated rings. The van der Waals surface area contributed by atoms with Gasteiger partial charge in [-0.3, -0.25) is 4.79 Å². The highest BCUT2D eigenvalue weighted by atomic mass is 79.9. The SMILES string of the molecule is Nc1cc(C(=O)NC2CCCC2CO)c(Br)cn1. The number of aromatic nitrogens is 1. The number of hydrogen-bond donors (Lipinski definition) is 3. The molecule has 6 heteroatoms. The number of carbonyl (C=O) groups excluding carboxylic acids is 1. The highest BCUT2D eigenvalue weighted by Crippen LogP contribution is 2.26. The summed E-state index contributed by atoms with van der Waals surface area (Å²) in [7, 11) is 0. The Morgan fingerprint density at radius 3 is 3.11 bits per heavy atom. The van der Waals surface area contributed by atoms with Gasteiger partial charge in [-0.2, -0.15) is 0 Å². The molecular formula is C12H16BrN3O2. The summed E-state index contributed by atoms with van der Waals surface area (Å²) in [5.74, 6) is 0.293. The molecule has 5 nitrogen and oxygen atoms in total. The van der Waals surface area contributed by atoms with Crippen molar-refractivity contribution in [3.63, 3.8) is 0 Å². The van der Waals surface area contributed by atoms with E-state index in [0.717, 1.165) is 19.3 Å². The van der Waals surface area contributed by atoms with Crippen LogP contribution in [0.4, 0.5) is 5.82 Å². The van der Waals surface area contributed by atoms with Crippen LogP contribution < -0.4 is 11.1 Å². The maximum atomic E-state index is 12.1.